The minimum absolute atomic E-state index is 0.420. The van der Waals surface area contributed by atoms with Gasteiger partial charge >= 0.3 is 0 Å². The molecule has 0 aliphatic rings. The predicted octanol–water partition coefficient (Wildman–Crippen LogP) is 6.43. The van der Waals surface area contributed by atoms with Gasteiger partial charge in [0.15, 0.2) is 8.45 Å². The summed E-state index contributed by atoms with van der Waals surface area (Å²) in [5, 5.41) is 8.74. The molecule has 4 nitrogen and oxygen atoms in total. The molecule has 146 valence electrons. The molecule has 0 amide bonds. The molecular formula is C19H44N3OP. The van der Waals surface area contributed by atoms with Crippen molar-refractivity contribution in [2.45, 2.75) is 114 Å². The van der Waals surface area contributed by atoms with Crippen LogP contribution < -0.4 is 0 Å². The van der Waals surface area contributed by atoms with Gasteiger partial charge in [-0.15, -0.1) is 0 Å². The molecule has 0 aromatic heterocycles. The van der Waals surface area contributed by atoms with Crippen molar-refractivity contribution >= 4 is 8.45 Å². The Morgan fingerprint density at radius 1 is 0.750 bits per heavy atom. The number of nitrogens with zero attached hydrogens (tertiary/aromatic N) is 3. The van der Waals surface area contributed by atoms with Gasteiger partial charge in [-0.1, -0.05) is 27.7 Å². The smallest absolute Gasteiger partial charge is 0.188 e. The fourth-order valence-corrected chi connectivity index (χ4v) is 4.75. The molecule has 0 spiro atoms. The van der Waals surface area contributed by atoms with Gasteiger partial charge in [0.1, 0.15) is 0 Å². The van der Waals surface area contributed by atoms with Gasteiger partial charge in [-0.3, -0.25) is 0 Å². The van der Waals surface area contributed by atoms with E-state index in [2.05, 4.69) is 70.8 Å². The van der Waals surface area contributed by atoms with Gasteiger partial charge in [-0.25, -0.2) is 9.34 Å². The third-order valence-electron chi connectivity index (χ3n) is 2.93. The first-order chi connectivity index (χ1) is 11.2. The van der Waals surface area contributed by atoms with E-state index in [-0.39, 0.29) is 0 Å². The van der Waals surface area contributed by atoms with Gasteiger partial charge in [-0.05, 0) is 55.4 Å². The molecule has 5 heteroatoms. The van der Waals surface area contributed by atoms with Gasteiger partial charge in [0.2, 0.25) is 0 Å². The van der Waals surface area contributed by atoms with E-state index < -0.39 is 8.45 Å². The fourth-order valence-electron chi connectivity index (χ4n) is 2.41. The van der Waals surface area contributed by atoms with Crippen LogP contribution in [0.5, 0.6) is 0 Å². The zero-order valence-electron chi connectivity index (χ0n) is 18.4. The van der Waals surface area contributed by atoms with E-state index in [1.807, 2.05) is 27.7 Å². The zero-order valence-corrected chi connectivity index (χ0v) is 19.3. The van der Waals surface area contributed by atoms with Crippen molar-refractivity contribution in [2.75, 3.05) is 6.61 Å². The van der Waals surface area contributed by atoms with Crippen molar-refractivity contribution < 1.29 is 4.52 Å². The Balaban J connectivity index is -0.00000102. The van der Waals surface area contributed by atoms with Crippen LogP contribution in [0.1, 0.15) is 89.5 Å². The van der Waals surface area contributed by atoms with Crippen LogP contribution in [0.15, 0.2) is 0 Å². The summed E-state index contributed by atoms with van der Waals surface area (Å²) < 4.78 is 11.0. The molecule has 24 heavy (non-hydrogen) atoms. The highest BCUT2D eigenvalue weighted by molar-refractivity contribution is 7.47. The Labute approximate surface area is 154 Å². The van der Waals surface area contributed by atoms with Crippen molar-refractivity contribution in [1.82, 2.24) is 9.34 Å². The first-order valence-electron chi connectivity index (χ1n) is 9.60. The average molecular weight is 362 g/mol. The Morgan fingerprint density at radius 2 is 1.04 bits per heavy atom. The first-order valence-corrected chi connectivity index (χ1v) is 10.8. The second-order valence-corrected chi connectivity index (χ2v) is 7.82. The maximum absolute atomic E-state index is 8.74. The highest BCUT2D eigenvalue weighted by Crippen LogP contribution is 2.50. The van der Waals surface area contributed by atoms with Gasteiger partial charge in [-0.2, -0.15) is 5.26 Å². The van der Waals surface area contributed by atoms with Crippen LogP contribution >= 0.6 is 8.45 Å². The highest BCUT2D eigenvalue weighted by Gasteiger charge is 2.34. The molecule has 0 aliphatic carbocycles. The molecule has 0 rings (SSSR count). The molecule has 0 atom stereocenters. The molecule has 0 aromatic rings. The molecular weight excluding hydrogens is 317 g/mol. The van der Waals surface area contributed by atoms with Crippen molar-refractivity contribution in [3.63, 3.8) is 0 Å². The largest absolute Gasteiger partial charge is 0.330 e. The van der Waals surface area contributed by atoms with Crippen molar-refractivity contribution in [3.05, 3.63) is 0 Å². The van der Waals surface area contributed by atoms with Crippen LogP contribution in [0.2, 0.25) is 0 Å². The van der Waals surface area contributed by atoms with Crippen LogP contribution in [0, 0.1) is 11.3 Å². The summed E-state index contributed by atoms with van der Waals surface area (Å²) in [6.07, 6.45) is 0.451. The monoisotopic (exact) mass is 361 g/mol. The molecule has 0 unspecified atom stereocenters. The molecule has 0 fully saturated rings. The lowest BCUT2D eigenvalue weighted by Gasteiger charge is -2.45. The third-order valence-corrected chi connectivity index (χ3v) is 5.98. The van der Waals surface area contributed by atoms with Crippen LogP contribution in [-0.4, -0.2) is 40.1 Å². The van der Waals surface area contributed by atoms with E-state index in [0.717, 1.165) is 0 Å². The maximum atomic E-state index is 8.74. The minimum atomic E-state index is -0.841. The number of hydrogen-bond acceptors (Lipinski definition) is 4. The molecule has 0 saturated heterocycles. The van der Waals surface area contributed by atoms with E-state index in [9.17, 15) is 0 Å². The number of rotatable bonds is 9. The molecule has 0 saturated carbocycles. The first kappa shape index (κ1) is 28.6. The van der Waals surface area contributed by atoms with Crippen molar-refractivity contribution in [3.8, 4) is 6.07 Å². The molecule has 0 aliphatic heterocycles. The standard InChI is InChI=1S/C15H32N3OP.2C2H6/c1-12(2)17(13(3)4)20(19-11-9-10-16)18(14(5)6)15(7)8;2*1-2/h12-15H,9,11H2,1-8H3;2*1-2H3. The van der Waals surface area contributed by atoms with E-state index in [1.165, 1.54) is 0 Å². The predicted molar refractivity (Wildman–Crippen MR) is 110 cm³/mol. The lowest BCUT2D eigenvalue weighted by atomic mass is 10.3. The molecule has 0 radical (unpaired) electrons. The summed E-state index contributed by atoms with van der Waals surface area (Å²) >= 11 is 0. The van der Waals surface area contributed by atoms with Crippen molar-refractivity contribution in [2.24, 2.45) is 0 Å². The second-order valence-electron chi connectivity index (χ2n) is 6.13. The van der Waals surface area contributed by atoms with Crippen LogP contribution in [0.25, 0.3) is 0 Å². The van der Waals surface area contributed by atoms with E-state index in [0.29, 0.717) is 37.2 Å². The Kier molecular flexibility index (Phi) is 21.0. The lowest BCUT2D eigenvalue weighted by Crippen LogP contribution is -2.43. The van der Waals surface area contributed by atoms with Gasteiger partial charge in [0.25, 0.3) is 0 Å². The Bertz CT molecular complexity index is 265. The summed E-state index contributed by atoms with van der Waals surface area (Å²) in [4.78, 5) is 0. The summed E-state index contributed by atoms with van der Waals surface area (Å²) in [6, 6.07) is 3.84. The number of hydrogen-bond donors (Lipinski definition) is 0. The van der Waals surface area contributed by atoms with Gasteiger partial charge in [0, 0.05) is 24.2 Å². The number of nitriles is 1. The molecule has 0 N–H and O–H groups in total. The van der Waals surface area contributed by atoms with E-state index in [1.54, 1.807) is 0 Å². The second kappa shape index (κ2) is 17.6. The fraction of sp³-hybridized carbons (Fsp3) is 0.947. The Morgan fingerprint density at radius 3 is 1.25 bits per heavy atom. The summed E-state index contributed by atoms with van der Waals surface area (Å²) in [6.45, 7) is 26.2. The SMILES string of the molecule is CC.CC.CC(C)N(C(C)C)P(OCCC#N)N(C(C)C)C(C)C. The zero-order chi connectivity index (χ0) is 19.9. The quantitative estimate of drug-likeness (QED) is 0.350. The van der Waals surface area contributed by atoms with Crippen LogP contribution in [0.3, 0.4) is 0 Å². The topological polar surface area (TPSA) is 39.5 Å². The summed E-state index contributed by atoms with van der Waals surface area (Å²) in [7, 11) is -0.841. The summed E-state index contributed by atoms with van der Waals surface area (Å²) in [5.41, 5.74) is 0. The average Bonchev–Trinajstić information content (AvgIpc) is 2.50. The normalized spacial score (nSPS) is 11.1. The van der Waals surface area contributed by atoms with Crippen LogP contribution in [0.4, 0.5) is 0 Å². The van der Waals surface area contributed by atoms with E-state index in [4.69, 9.17) is 9.79 Å². The maximum Gasteiger partial charge on any atom is 0.188 e. The molecule has 0 heterocycles. The van der Waals surface area contributed by atoms with E-state index >= 15 is 0 Å². The third kappa shape index (κ3) is 11.4. The molecule has 0 bridgehead atoms. The van der Waals surface area contributed by atoms with Crippen molar-refractivity contribution in [1.29, 1.82) is 5.26 Å². The summed E-state index contributed by atoms with van der Waals surface area (Å²) in [5.74, 6) is 0. The van der Waals surface area contributed by atoms with Gasteiger partial charge < -0.3 is 4.52 Å². The Hall–Kier alpha value is -0.200. The minimum Gasteiger partial charge on any atom is -0.330 e. The lowest BCUT2D eigenvalue weighted by molar-refractivity contribution is 0.189. The van der Waals surface area contributed by atoms with Gasteiger partial charge in [0.05, 0.1) is 19.1 Å². The highest BCUT2D eigenvalue weighted by atomic mass is 31.2. The molecule has 0 aromatic carbocycles. The van der Waals surface area contributed by atoms with Crippen LogP contribution in [-0.2, 0) is 4.52 Å².